The van der Waals surface area contributed by atoms with Crippen LogP contribution in [0.5, 0.6) is 0 Å². The van der Waals surface area contributed by atoms with Gasteiger partial charge < -0.3 is 29.9 Å². The van der Waals surface area contributed by atoms with Crippen LogP contribution in [0.4, 0.5) is 0 Å². The third-order valence-electron chi connectivity index (χ3n) is 2.30. The molecule has 1 fully saturated rings. The summed E-state index contributed by atoms with van der Waals surface area (Å²) in [6.07, 6.45) is -7.64. The van der Waals surface area contributed by atoms with Crippen molar-refractivity contribution in [1.29, 1.82) is 0 Å². The number of aliphatic carboxylic acids is 1. The molecule has 0 amide bonds. The Kier molecular flexibility index (Phi) is 4.11. The van der Waals surface area contributed by atoms with Crippen molar-refractivity contribution in [2.45, 2.75) is 57.1 Å². The minimum Gasteiger partial charge on any atom is -0.479 e. The van der Waals surface area contributed by atoms with Gasteiger partial charge in [-0.1, -0.05) is 0 Å². The molecular weight excluding hydrogens is 232 g/mol. The number of carbonyl (C=O) groups is 1. The molecule has 0 aromatic rings. The number of carboxylic acid groups (broad SMARTS) is 1. The summed E-state index contributed by atoms with van der Waals surface area (Å²) in [5, 5.41) is 37.3. The minimum absolute atomic E-state index is 0.718. The van der Waals surface area contributed by atoms with Crippen molar-refractivity contribution in [3.8, 4) is 0 Å². The zero-order valence-electron chi connectivity index (χ0n) is 9.90. The second-order valence-electron chi connectivity index (χ2n) is 4.96. The predicted molar refractivity (Wildman–Crippen MR) is 55.2 cm³/mol. The highest BCUT2D eigenvalue weighted by Crippen LogP contribution is 2.26. The van der Waals surface area contributed by atoms with Crippen LogP contribution in [-0.2, 0) is 14.3 Å². The van der Waals surface area contributed by atoms with Gasteiger partial charge in [0.25, 0.3) is 0 Å². The summed E-state index contributed by atoms with van der Waals surface area (Å²) in [4.78, 5) is 10.9. The molecule has 0 aromatic carbocycles. The summed E-state index contributed by atoms with van der Waals surface area (Å²) < 4.78 is 10.1. The predicted octanol–water partition coefficient (Wildman–Crippen LogP) is -1.31. The molecular formula is C10H18O7. The lowest BCUT2D eigenvalue weighted by molar-refractivity contribution is -0.298. The number of aliphatic hydroxyl groups excluding tert-OH is 3. The molecule has 1 rings (SSSR count). The molecule has 2 unspecified atom stereocenters. The monoisotopic (exact) mass is 250 g/mol. The first-order chi connectivity index (χ1) is 7.63. The van der Waals surface area contributed by atoms with Crippen LogP contribution in [0.2, 0.25) is 0 Å². The van der Waals surface area contributed by atoms with E-state index >= 15 is 0 Å². The molecule has 17 heavy (non-hydrogen) atoms. The fourth-order valence-electron chi connectivity index (χ4n) is 1.59. The summed E-state index contributed by atoms with van der Waals surface area (Å²) in [5.41, 5.74) is -0.718. The van der Waals surface area contributed by atoms with E-state index in [-0.39, 0.29) is 0 Å². The smallest absolute Gasteiger partial charge is 0.335 e. The molecule has 1 heterocycles. The van der Waals surface area contributed by atoms with Crippen molar-refractivity contribution < 1.29 is 34.7 Å². The SMILES string of the molecule is CC(C)(C)O[C@@H]1C(C(=O)O)O[C@@H](O)C(O)[C@H]1O. The van der Waals surface area contributed by atoms with Gasteiger partial charge in [0.1, 0.15) is 18.3 Å². The maximum absolute atomic E-state index is 10.9. The third-order valence-corrected chi connectivity index (χ3v) is 2.30. The molecule has 0 aliphatic carbocycles. The van der Waals surface area contributed by atoms with E-state index < -0.39 is 42.3 Å². The third kappa shape index (κ3) is 3.36. The number of hydrogen-bond acceptors (Lipinski definition) is 6. The zero-order chi connectivity index (χ0) is 13.4. The Morgan fingerprint density at radius 2 is 1.71 bits per heavy atom. The van der Waals surface area contributed by atoms with E-state index in [1.54, 1.807) is 20.8 Å². The summed E-state index contributed by atoms with van der Waals surface area (Å²) in [7, 11) is 0. The molecule has 0 aromatic heterocycles. The van der Waals surface area contributed by atoms with Crippen LogP contribution in [0, 0.1) is 0 Å². The number of carboxylic acids is 1. The average Bonchev–Trinajstić information content (AvgIpc) is 2.16. The van der Waals surface area contributed by atoms with Gasteiger partial charge in [-0.25, -0.2) is 4.79 Å². The Labute approximate surface area is 98.6 Å². The molecule has 0 saturated carbocycles. The van der Waals surface area contributed by atoms with E-state index in [9.17, 15) is 20.1 Å². The lowest BCUT2D eigenvalue weighted by Crippen LogP contribution is -2.61. The standard InChI is InChI=1S/C10H18O7/c1-10(2,3)17-6-4(11)5(12)9(15)16-7(6)8(13)14/h4-7,9,11-12,15H,1-3H3,(H,13,14)/t4-,5?,6+,7?,9-/m1/s1. The molecule has 7 nitrogen and oxygen atoms in total. The molecule has 5 atom stereocenters. The van der Waals surface area contributed by atoms with Gasteiger partial charge in [-0.2, -0.15) is 0 Å². The second kappa shape index (κ2) is 4.87. The number of aliphatic hydroxyl groups is 3. The molecule has 0 bridgehead atoms. The Balaban J connectivity index is 2.90. The number of ether oxygens (including phenoxy) is 2. The molecule has 7 heteroatoms. The van der Waals surface area contributed by atoms with Crippen LogP contribution in [0.1, 0.15) is 20.8 Å². The highest BCUT2D eigenvalue weighted by molar-refractivity contribution is 5.73. The number of rotatable bonds is 2. The Morgan fingerprint density at radius 3 is 2.12 bits per heavy atom. The van der Waals surface area contributed by atoms with Gasteiger partial charge in [0.2, 0.25) is 0 Å². The van der Waals surface area contributed by atoms with E-state index in [4.69, 9.17) is 14.6 Å². The Bertz CT molecular complexity index is 285. The highest BCUT2D eigenvalue weighted by atomic mass is 16.7. The van der Waals surface area contributed by atoms with Crippen molar-refractivity contribution in [3.05, 3.63) is 0 Å². The number of hydrogen-bond donors (Lipinski definition) is 4. The maximum Gasteiger partial charge on any atom is 0.335 e. The van der Waals surface area contributed by atoms with Gasteiger partial charge in [0.15, 0.2) is 12.4 Å². The van der Waals surface area contributed by atoms with Crippen molar-refractivity contribution in [1.82, 2.24) is 0 Å². The second-order valence-corrected chi connectivity index (χ2v) is 4.96. The molecule has 1 aliphatic heterocycles. The molecule has 0 spiro atoms. The molecule has 1 saturated heterocycles. The zero-order valence-corrected chi connectivity index (χ0v) is 9.90. The van der Waals surface area contributed by atoms with E-state index in [1.165, 1.54) is 0 Å². The van der Waals surface area contributed by atoms with Crippen LogP contribution in [0.3, 0.4) is 0 Å². The fraction of sp³-hybridized carbons (Fsp3) is 0.900. The van der Waals surface area contributed by atoms with Crippen LogP contribution in [0.15, 0.2) is 0 Å². The summed E-state index contributed by atoms with van der Waals surface area (Å²) in [5.74, 6) is -1.37. The van der Waals surface area contributed by atoms with E-state index in [0.29, 0.717) is 0 Å². The quantitative estimate of drug-likeness (QED) is 0.481. The average molecular weight is 250 g/mol. The lowest BCUT2D eigenvalue weighted by atomic mass is 9.97. The van der Waals surface area contributed by atoms with Crippen molar-refractivity contribution >= 4 is 5.97 Å². The summed E-state index contributed by atoms with van der Waals surface area (Å²) in [6.45, 7) is 5.03. The van der Waals surface area contributed by atoms with Crippen LogP contribution < -0.4 is 0 Å². The Hall–Kier alpha value is -0.730. The summed E-state index contributed by atoms with van der Waals surface area (Å²) in [6, 6.07) is 0. The first-order valence-electron chi connectivity index (χ1n) is 5.24. The van der Waals surface area contributed by atoms with E-state index in [2.05, 4.69) is 0 Å². The van der Waals surface area contributed by atoms with Gasteiger partial charge in [-0.3, -0.25) is 0 Å². The molecule has 4 N–H and O–H groups in total. The highest BCUT2D eigenvalue weighted by Gasteiger charge is 2.49. The summed E-state index contributed by atoms with van der Waals surface area (Å²) >= 11 is 0. The molecule has 100 valence electrons. The fourth-order valence-corrected chi connectivity index (χ4v) is 1.59. The van der Waals surface area contributed by atoms with Gasteiger partial charge >= 0.3 is 5.97 Å². The molecule has 0 radical (unpaired) electrons. The van der Waals surface area contributed by atoms with Crippen LogP contribution in [-0.4, -0.2) is 62.7 Å². The topological polar surface area (TPSA) is 116 Å². The van der Waals surface area contributed by atoms with E-state index in [0.717, 1.165) is 0 Å². The van der Waals surface area contributed by atoms with Crippen LogP contribution in [0.25, 0.3) is 0 Å². The van der Waals surface area contributed by atoms with Gasteiger partial charge in [-0.05, 0) is 20.8 Å². The van der Waals surface area contributed by atoms with Crippen LogP contribution >= 0.6 is 0 Å². The van der Waals surface area contributed by atoms with Gasteiger partial charge in [0.05, 0.1) is 5.60 Å². The van der Waals surface area contributed by atoms with Gasteiger partial charge in [0, 0.05) is 0 Å². The molecule has 1 aliphatic rings. The normalized spacial score (nSPS) is 39.1. The van der Waals surface area contributed by atoms with Gasteiger partial charge in [-0.15, -0.1) is 0 Å². The lowest BCUT2D eigenvalue weighted by Gasteiger charge is -2.41. The first-order valence-corrected chi connectivity index (χ1v) is 5.24. The largest absolute Gasteiger partial charge is 0.479 e. The minimum atomic E-state index is -1.74. The first kappa shape index (κ1) is 14.3. The van der Waals surface area contributed by atoms with Crippen molar-refractivity contribution in [2.24, 2.45) is 0 Å². The maximum atomic E-state index is 10.9. The Morgan fingerprint density at radius 1 is 1.18 bits per heavy atom. The van der Waals surface area contributed by atoms with Crippen molar-refractivity contribution in [3.63, 3.8) is 0 Å². The van der Waals surface area contributed by atoms with Crippen molar-refractivity contribution in [2.75, 3.05) is 0 Å². The van der Waals surface area contributed by atoms with E-state index in [1.807, 2.05) is 0 Å².